The van der Waals surface area contributed by atoms with Crippen molar-refractivity contribution < 1.29 is 4.39 Å². The molecule has 0 unspecified atom stereocenters. The maximum atomic E-state index is 12.9. The first kappa shape index (κ1) is 10.7. The predicted octanol–water partition coefficient (Wildman–Crippen LogP) is 3.48. The van der Waals surface area contributed by atoms with Crippen molar-refractivity contribution in [2.24, 2.45) is 0 Å². The Hall–Kier alpha value is -1.83. The average molecular weight is 215 g/mol. The molecule has 0 amide bonds. The first-order valence-corrected chi connectivity index (χ1v) is 5.38. The maximum Gasteiger partial charge on any atom is 0.123 e. The highest BCUT2D eigenvalue weighted by atomic mass is 19.1. The van der Waals surface area contributed by atoms with Crippen LogP contribution in [0.3, 0.4) is 0 Å². The molecule has 0 aliphatic carbocycles. The van der Waals surface area contributed by atoms with E-state index in [4.69, 9.17) is 0 Å². The number of benzene rings is 2. The lowest BCUT2D eigenvalue weighted by atomic mass is 10.1. The van der Waals surface area contributed by atoms with Gasteiger partial charge in [0.15, 0.2) is 0 Å². The van der Waals surface area contributed by atoms with Gasteiger partial charge in [-0.3, -0.25) is 0 Å². The molecule has 2 aromatic rings. The minimum absolute atomic E-state index is 0.169. The van der Waals surface area contributed by atoms with Gasteiger partial charge < -0.3 is 5.32 Å². The van der Waals surface area contributed by atoms with Crippen molar-refractivity contribution in [3.63, 3.8) is 0 Å². The van der Waals surface area contributed by atoms with Crippen LogP contribution in [0.2, 0.25) is 0 Å². The summed E-state index contributed by atoms with van der Waals surface area (Å²) in [4.78, 5) is 0. The van der Waals surface area contributed by atoms with E-state index in [1.54, 1.807) is 12.1 Å². The minimum atomic E-state index is -0.169. The van der Waals surface area contributed by atoms with Gasteiger partial charge in [0.05, 0.1) is 0 Å². The van der Waals surface area contributed by atoms with Crippen molar-refractivity contribution >= 4 is 5.69 Å². The molecule has 2 rings (SSSR count). The monoisotopic (exact) mass is 215 g/mol. The van der Waals surface area contributed by atoms with E-state index in [1.807, 2.05) is 36.4 Å². The van der Waals surface area contributed by atoms with Crippen LogP contribution in [0.15, 0.2) is 54.6 Å². The molecule has 0 saturated carbocycles. The van der Waals surface area contributed by atoms with Gasteiger partial charge in [0.1, 0.15) is 5.82 Å². The Bertz CT molecular complexity index is 439. The Balaban J connectivity index is 1.85. The van der Waals surface area contributed by atoms with Gasteiger partial charge in [-0.15, -0.1) is 0 Å². The third kappa shape index (κ3) is 3.09. The molecule has 0 aromatic heterocycles. The SMILES string of the molecule is Fc1cccc(CCNc2ccccc2)c1. The largest absolute Gasteiger partial charge is 0.385 e. The van der Waals surface area contributed by atoms with Gasteiger partial charge in [0.25, 0.3) is 0 Å². The molecule has 0 radical (unpaired) electrons. The fourth-order valence-electron chi connectivity index (χ4n) is 1.60. The van der Waals surface area contributed by atoms with E-state index in [-0.39, 0.29) is 5.82 Å². The fourth-order valence-corrected chi connectivity index (χ4v) is 1.60. The van der Waals surface area contributed by atoms with Crippen molar-refractivity contribution in [1.82, 2.24) is 0 Å². The van der Waals surface area contributed by atoms with E-state index < -0.39 is 0 Å². The van der Waals surface area contributed by atoms with Crippen LogP contribution in [0.1, 0.15) is 5.56 Å². The molecule has 0 fully saturated rings. The summed E-state index contributed by atoms with van der Waals surface area (Å²) >= 11 is 0. The molecule has 1 N–H and O–H groups in total. The van der Waals surface area contributed by atoms with Crippen LogP contribution < -0.4 is 5.32 Å². The minimum Gasteiger partial charge on any atom is -0.385 e. The lowest BCUT2D eigenvalue weighted by molar-refractivity contribution is 0.625. The summed E-state index contributed by atoms with van der Waals surface area (Å²) in [5.41, 5.74) is 2.11. The number of hydrogen-bond donors (Lipinski definition) is 1. The second kappa shape index (κ2) is 5.31. The Morgan fingerprint density at radius 3 is 2.50 bits per heavy atom. The molecule has 0 heterocycles. The predicted molar refractivity (Wildman–Crippen MR) is 65.0 cm³/mol. The Morgan fingerprint density at radius 1 is 0.938 bits per heavy atom. The van der Waals surface area contributed by atoms with Gasteiger partial charge in [-0.1, -0.05) is 30.3 Å². The van der Waals surface area contributed by atoms with Crippen molar-refractivity contribution in [3.05, 3.63) is 66.0 Å². The molecule has 0 aliphatic rings. The second-order valence-corrected chi connectivity index (χ2v) is 3.67. The summed E-state index contributed by atoms with van der Waals surface area (Å²) < 4.78 is 12.9. The molecule has 0 bridgehead atoms. The first-order chi connectivity index (χ1) is 7.84. The standard InChI is InChI=1S/C14H14FN/c15-13-6-4-5-12(11-13)9-10-16-14-7-2-1-3-8-14/h1-8,11,16H,9-10H2. The third-order valence-corrected chi connectivity index (χ3v) is 2.41. The molecular weight excluding hydrogens is 201 g/mol. The van der Waals surface area contributed by atoms with Crippen LogP contribution >= 0.6 is 0 Å². The fraction of sp³-hybridized carbons (Fsp3) is 0.143. The van der Waals surface area contributed by atoms with Gasteiger partial charge in [-0.25, -0.2) is 4.39 Å². The number of anilines is 1. The highest BCUT2D eigenvalue weighted by Crippen LogP contribution is 2.07. The lowest BCUT2D eigenvalue weighted by Crippen LogP contribution is -2.04. The molecule has 2 aromatic carbocycles. The smallest absolute Gasteiger partial charge is 0.123 e. The first-order valence-electron chi connectivity index (χ1n) is 5.38. The van der Waals surface area contributed by atoms with Gasteiger partial charge in [0.2, 0.25) is 0 Å². The molecule has 1 nitrogen and oxygen atoms in total. The van der Waals surface area contributed by atoms with E-state index in [1.165, 1.54) is 6.07 Å². The van der Waals surface area contributed by atoms with Crippen molar-refractivity contribution in [3.8, 4) is 0 Å². The van der Waals surface area contributed by atoms with E-state index in [9.17, 15) is 4.39 Å². The Morgan fingerprint density at radius 2 is 1.75 bits per heavy atom. The summed E-state index contributed by atoms with van der Waals surface area (Å²) in [5, 5.41) is 3.29. The van der Waals surface area contributed by atoms with Crippen LogP contribution in [0.5, 0.6) is 0 Å². The molecular formula is C14H14FN. The quantitative estimate of drug-likeness (QED) is 0.823. The van der Waals surface area contributed by atoms with Crippen molar-refractivity contribution in [2.45, 2.75) is 6.42 Å². The summed E-state index contributed by atoms with van der Waals surface area (Å²) in [7, 11) is 0. The van der Waals surface area contributed by atoms with Gasteiger partial charge >= 0.3 is 0 Å². The molecule has 0 aliphatic heterocycles. The van der Waals surface area contributed by atoms with Crippen LogP contribution in [0.25, 0.3) is 0 Å². The summed E-state index contributed by atoms with van der Waals surface area (Å²) in [6, 6.07) is 16.7. The molecule has 0 saturated heterocycles. The third-order valence-electron chi connectivity index (χ3n) is 2.41. The topological polar surface area (TPSA) is 12.0 Å². The second-order valence-electron chi connectivity index (χ2n) is 3.67. The molecule has 2 heteroatoms. The number of rotatable bonds is 4. The summed E-state index contributed by atoms with van der Waals surface area (Å²) in [5.74, 6) is -0.169. The Labute approximate surface area is 94.9 Å². The lowest BCUT2D eigenvalue weighted by Gasteiger charge is -2.06. The van der Waals surface area contributed by atoms with Crippen molar-refractivity contribution in [2.75, 3.05) is 11.9 Å². The van der Waals surface area contributed by atoms with Crippen LogP contribution in [0.4, 0.5) is 10.1 Å². The average Bonchev–Trinajstić information content (AvgIpc) is 2.30. The zero-order valence-electron chi connectivity index (χ0n) is 8.99. The molecule has 82 valence electrons. The van der Waals surface area contributed by atoms with Gasteiger partial charge in [-0.2, -0.15) is 0 Å². The zero-order chi connectivity index (χ0) is 11.2. The highest BCUT2D eigenvalue weighted by Gasteiger charge is 1.95. The van der Waals surface area contributed by atoms with Gasteiger partial charge in [-0.05, 0) is 36.2 Å². The van der Waals surface area contributed by atoms with Gasteiger partial charge in [0, 0.05) is 12.2 Å². The molecule has 0 spiro atoms. The summed E-state index contributed by atoms with van der Waals surface area (Å²) in [6.07, 6.45) is 0.826. The van der Waals surface area contributed by atoms with E-state index in [0.29, 0.717) is 0 Å². The normalized spacial score (nSPS) is 10.1. The highest BCUT2D eigenvalue weighted by molar-refractivity contribution is 5.42. The van der Waals surface area contributed by atoms with E-state index >= 15 is 0 Å². The number of halogens is 1. The maximum absolute atomic E-state index is 12.9. The zero-order valence-corrected chi connectivity index (χ0v) is 8.99. The van der Waals surface area contributed by atoms with Crippen LogP contribution in [-0.2, 0) is 6.42 Å². The molecule has 0 atom stereocenters. The number of hydrogen-bond acceptors (Lipinski definition) is 1. The van der Waals surface area contributed by atoms with Crippen molar-refractivity contribution in [1.29, 1.82) is 0 Å². The molecule has 16 heavy (non-hydrogen) atoms. The number of nitrogens with one attached hydrogen (secondary N) is 1. The van der Waals surface area contributed by atoms with Crippen LogP contribution in [0, 0.1) is 5.82 Å². The Kier molecular flexibility index (Phi) is 3.54. The van der Waals surface area contributed by atoms with E-state index in [2.05, 4.69) is 5.32 Å². The number of para-hydroxylation sites is 1. The van der Waals surface area contributed by atoms with Crippen LogP contribution in [-0.4, -0.2) is 6.54 Å². The van der Waals surface area contributed by atoms with E-state index in [0.717, 1.165) is 24.2 Å². The summed E-state index contributed by atoms with van der Waals surface area (Å²) in [6.45, 7) is 0.813.